The van der Waals surface area contributed by atoms with Crippen LogP contribution in [0, 0.1) is 17.8 Å². The van der Waals surface area contributed by atoms with E-state index < -0.39 is 5.97 Å². The van der Waals surface area contributed by atoms with Gasteiger partial charge in [-0.3, -0.25) is 4.89 Å². The lowest BCUT2D eigenvalue weighted by Crippen LogP contribution is -2.34. The van der Waals surface area contributed by atoms with E-state index in [0.29, 0.717) is 23.3 Å². The fourth-order valence-corrected chi connectivity index (χ4v) is 3.26. The first kappa shape index (κ1) is 17.0. The Labute approximate surface area is 133 Å². The zero-order valence-electron chi connectivity index (χ0n) is 14.2. The van der Waals surface area contributed by atoms with E-state index in [1.165, 1.54) is 12.0 Å². The Hall–Kier alpha value is -1.35. The first-order valence-corrected chi connectivity index (χ1v) is 8.47. The molecule has 3 atom stereocenters. The van der Waals surface area contributed by atoms with Crippen LogP contribution in [0.15, 0.2) is 24.3 Å². The lowest BCUT2D eigenvalue weighted by molar-refractivity contribution is -0.296. The molecule has 1 aromatic rings. The minimum absolute atomic E-state index is 0.0163. The third-order valence-corrected chi connectivity index (χ3v) is 4.81. The molecule has 122 valence electrons. The highest BCUT2D eigenvalue weighted by atomic mass is 17.2. The summed E-state index contributed by atoms with van der Waals surface area (Å²) in [6.45, 7) is 8.75. The van der Waals surface area contributed by atoms with E-state index in [2.05, 4.69) is 27.7 Å². The standard InChI is InChI=1S/C19H28O3/c1-5-15-7-9-16(10-8-15)19(20)22-21-18-12-14(4)6-11-17(18)13(2)3/h7-10,13-14,17-18H,5-6,11-12H2,1-4H3. The van der Waals surface area contributed by atoms with Gasteiger partial charge in [-0.2, -0.15) is 4.89 Å². The highest BCUT2D eigenvalue weighted by Gasteiger charge is 2.33. The van der Waals surface area contributed by atoms with Gasteiger partial charge in [0.15, 0.2) is 0 Å². The smallest absolute Gasteiger partial charge is 0.293 e. The van der Waals surface area contributed by atoms with E-state index in [9.17, 15) is 4.79 Å². The molecule has 1 aromatic carbocycles. The maximum Gasteiger partial charge on any atom is 0.373 e. The summed E-state index contributed by atoms with van der Waals surface area (Å²) in [6.07, 6.45) is 4.32. The molecule has 1 saturated carbocycles. The number of rotatable bonds is 5. The van der Waals surface area contributed by atoms with Gasteiger partial charge in [0.05, 0.1) is 5.56 Å². The Bertz CT molecular complexity index is 478. The van der Waals surface area contributed by atoms with Gasteiger partial charge in [0.2, 0.25) is 0 Å². The second-order valence-corrected chi connectivity index (χ2v) is 6.88. The summed E-state index contributed by atoms with van der Waals surface area (Å²) < 4.78 is 0. The Morgan fingerprint density at radius 1 is 1.23 bits per heavy atom. The summed E-state index contributed by atoms with van der Waals surface area (Å²) in [4.78, 5) is 22.8. The van der Waals surface area contributed by atoms with Gasteiger partial charge < -0.3 is 0 Å². The fourth-order valence-electron chi connectivity index (χ4n) is 3.26. The quantitative estimate of drug-likeness (QED) is 0.579. The van der Waals surface area contributed by atoms with Crippen LogP contribution in [0.3, 0.4) is 0 Å². The molecule has 0 bridgehead atoms. The van der Waals surface area contributed by atoms with Crippen LogP contribution in [-0.2, 0) is 16.2 Å². The SMILES string of the molecule is CCc1ccc(C(=O)OOC2CC(C)CCC2C(C)C)cc1. The lowest BCUT2D eigenvalue weighted by Gasteiger charge is -2.35. The molecular formula is C19H28O3. The summed E-state index contributed by atoms with van der Waals surface area (Å²) in [5.41, 5.74) is 1.75. The Balaban J connectivity index is 1.93. The van der Waals surface area contributed by atoms with Crippen molar-refractivity contribution in [2.75, 3.05) is 0 Å². The van der Waals surface area contributed by atoms with Crippen molar-refractivity contribution in [1.29, 1.82) is 0 Å². The van der Waals surface area contributed by atoms with Crippen LogP contribution in [0.4, 0.5) is 0 Å². The summed E-state index contributed by atoms with van der Waals surface area (Å²) >= 11 is 0. The summed E-state index contributed by atoms with van der Waals surface area (Å²) in [7, 11) is 0. The molecule has 3 unspecified atom stereocenters. The van der Waals surface area contributed by atoms with Crippen molar-refractivity contribution in [2.24, 2.45) is 17.8 Å². The molecule has 2 rings (SSSR count). The third kappa shape index (κ3) is 4.33. The highest BCUT2D eigenvalue weighted by Crippen LogP contribution is 2.35. The van der Waals surface area contributed by atoms with Crippen molar-refractivity contribution >= 4 is 5.97 Å². The maximum atomic E-state index is 12.1. The van der Waals surface area contributed by atoms with Crippen molar-refractivity contribution < 1.29 is 14.6 Å². The minimum Gasteiger partial charge on any atom is -0.293 e. The predicted molar refractivity (Wildman–Crippen MR) is 87.5 cm³/mol. The van der Waals surface area contributed by atoms with Gasteiger partial charge in [0.25, 0.3) is 0 Å². The molecular weight excluding hydrogens is 276 g/mol. The molecule has 0 amide bonds. The van der Waals surface area contributed by atoms with Gasteiger partial charge in [0, 0.05) is 0 Å². The molecule has 1 fully saturated rings. The van der Waals surface area contributed by atoms with E-state index in [-0.39, 0.29) is 6.10 Å². The molecule has 1 aliphatic carbocycles. The normalized spacial score (nSPS) is 25.2. The number of carbonyl (C=O) groups is 1. The number of hydrogen-bond acceptors (Lipinski definition) is 3. The number of aryl methyl sites for hydroxylation is 1. The van der Waals surface area contributed by atoms with E-state index in [4.69, 9.17) is 9.78 Å². The molecule has 0 radical (unpaired) electrons. The fraction of sp³-hybridized carbons (Fsp3) is 0.632. The Kier molecular flexibility index (Phi) is 6.01. The average molecular weight is 304 g/mol. The van der Waals surface area contributed by atoms with Gasteiger partial charge >= 0.3 is 5.97 Å². The van der Waals surface area contributed by atoms with E-state index >= 15 is 0 Å². The molecule has 3 heteroatoms. The van der Waals surface area contributed by atoms with Gasteiger partial charge in [-0.05, 0) is 54.7 Å². The van der Waals surface area contributed by atoms with Crippen LogP contribution in [-0.4, -0.2) is 12.1 Å². The summed E-state index contributed by atoms with van der Waals surface area (Å²) in [6, 6.07) is 7.51. The van der Waals surface area contributed by atoms with Crippen LogP contribution in [0.2, 0.25) is 0 Å². The van der Waals surface area contributed by atoms with Gasteiger partial charge in [-0.25, -0.2) is 4.79 Å². The van der Waals surface area contributed by atoms with Crippen LogP contribution in [0.5, 0.6) is 0 Å². The second kappa shape index (κ2) is 7.77. The summed E-state index contributed by atoms with van der Waals surface area (Å²) in [5.74, 6) is 1.23. The van der Waals surface area contributed by atoms with Gasteiger partial charge in [0.1, 0.15) is 6.10 Å². The van der Waals surface area contributed by atoms with Crippen LogP contribution in [0.1, 0.15) is 62.9 Å². The topological polar surface area (TPSA) is 35.5 Å². The van der Waals surface area contributed by atoms with E-state index in [0.717, 1.165) is 19.3 Å². The third-order valence-electron chi connectivity index (χ3n) is 4.81. The number of hydrogen-bond donors (Lipinski definition) is 0. The van der Waals surface area contributed by atoms with E-state index in [1.54, 1.807) is 12.1 Å². The molecule has 1 aliphatic rings. The van der Waals surface area contributed by atoms with Crippen molar-refractivity contribution in [3.05, 3.63) is 35.4 Å². The monoisotopic (exact) mass is 304 g/mol. The second-order valence-electron chi connectivity index (χ2n) is 6.88. The van der Waals surface area contributed by atoms with Crippen LogP contribution < -0.4 is 0 Å². The predicted octanol–water partition coefficient (Wildman–Crippen LogP) is 4.80. The lowest BCUT2D eigenvalue weighted by atomic mass is 9.75. The van der Waals surface area contributed by atoms with Gasteiger partial charge in [-0.1, -0.05) is 46.2 Å². The van der Waals surface area contributed by atoms with Gasteiger partial charge in [-0.15, -0.1) is 0 Å². The van der Waals surface area contributed by atoms with Crippen molar-refractivity contribution in [1.82, 2.24) is 0 Å². The van der Waals surface area contributed by atoms with Crippen molar-refractivity contribution in [3.63, 3.8) is 0 Å². The Morgan fingerprint density at radius 2 is 1.91 bits per heavy atom. The minimum atomic E-state index is -0.400. The molecule has 0 aliphatic heterocycles. The molecule has 22 heavy (non-hydrogen) atoms. The Morgan fingerprint density at radius 3 is 2.50 bits per heavy atom. The molecule has 0 aromatic heterocycles. The van der Waals surface area contributed by atoms with Crippen molar-refractivity contribution in [3.8, 4) is 0 Å². The molecule has 0 spiro atoms. The van der Waals surface area contributed by atoms with Crippen LogP contribution >= 0.6 is 0 Å². The first-order chi connectivity index (χ1) is 10.5. The van der Waals surface area contributed by atoms with Crippen LogP contribution in [0.25, 0.3) is 0 Å². The highest BCUT2D eigenvalue weighted by molar-refractivity contribution is 5.88. The molecule has 0 saturated heterocycles. The zero-order chi connectivity index (χ0) is 16.1. The maximum absolute atomic E-state index is 12.1. The number of benzene rings is 1. The molecule has 0 heterocycles. The summed E-state index contributed by atoms with van der Waals surface area (Å²) in [5, 5.41) is 0. The molecule has 0 N–H and O–H groups in total. The zero-order valence-corrected chi connectivity index (χ0v) is 14.2. The number of carbonyl (C=O) groups excluding carboxylic acids is 1. The van der Waals surface area contributed by atoms with Crippen molar-refractivity contribution in [2.45, 2.75) is 59.5 Å². The largest absolute Gasteiger partial charge is 0.373 e. The average Bonchev–Trinajstić information content (AvgIpc) is 2.52. The first-order valence-electron chi connectivity index (χ1n) is 8.47. The van der Waals surface area contributed by atoms with E-state index in [1.807, 2.05) is 12.1 Å². The molecule has 3 nitrogen and oxygen atoms in total.